The topological polar surface area (TPSA) is 110 Å². The first kappa shape index (κ1) is 21.7. The number of amides is 2. The van der Waals surface area contributed by atoms with Gasteiger partial charge in [0.05, 0.1) is 43.2 Å². The Bertz CT molecular complexity index is 1030. The molecule has 10 nitrogen and oxygen atoms in total. The first-order valence-electron chi connectivity index (χ1n) is 10.1. The Morgan fingerprint density at radius 2 is 2.19 bits per heavy atom. The molecule has 3 atom stereocenters. The maximum absolute atomic E-state index is 14.9. The second-order valence-corrected chi connectivity index (χ2v) is 7.75. The number of piperidine rings is 1. The van der Waals surface area contributed by atoms with Crippen molar-refractivity contribution in [2.45, 2.75) is 31.7 Å². The predicted octanol–water partition coefficient (Wildman–Crippen LogP) is 1.48. The number of cyclic esters (lactones) is 1. The van der Waals surface area contributed by atoms with Gasteiger partial charge in [-0.2, -0.15) is 0 Å². The largest absolute Gasteiger partial charge is 0.442 e. The highest BCUT2D eigenvalue weighted by Crippen LogP contribution is 2.32. The van der Waals surface area contributed by atoms with Gasteiger partial charge in [0.15, 0.2) is 6.29 Å². The van der Waals surface area contributed by atoms with Crippen LogP contribution in [0.3, 0.4) is 0 Å². The summed E-state index contributed by atoms with van der Waals surface area (Å²) in [6, 6.07) is 3.71. The number of anilines is 2. The molecular formula is C20H22F2N6O4. The van der Waals surface area contributed by atoms with Gasteiger partial charge in [-0.1, -0.05) is 5.21 Å². The summed E-state index contributed by atoms with van der Waals surface area (Å²) in [6.45, 7) is 2.04. The highest BCUT2D eigenvalue weighted by Gasteiger charge is 2.35. The third-order valence-electron chi connectivity index (χ3n) is 5.53. The van der Waals surface area contributed by atoms with Crippen LogP contribution in [0.25, 0.3) is 0 Å². The molecular weight excluding hydrogens is 426 g/mol. The van der Waals surface area contributed by atoms with Crippen molar-refractivity contribution in [2.24, 2.45) is 0 Å². The molecule has 0 saturated carbocycles. The van der Waals surface area contributed by atoms with Crippen molar-refractivity contribution in [1.29, 1.82) is 0 Å². The lowest BCUT2D eigenvalue weighted by molar-refractivity contribution is -0.119. The maximum atomic E-state index is 14.9. The number of rotatable bonds is 6. The third-order valence-corrected chi connectivity index (χ3v) is 5.53. The van der Waals surface area contributed by atoms with E-state index < -0.39 is 30.2 Å². The average Bonchev–Trinajstić information content (AvgIpc) is 3.38. The molecule has 2 aliphatic heterocycles. The van der Waals surface area contributed by atoms with Gasteiger partial charge >= 0.3 is 6.09 Å². The second-order valence-electron chi connectivity index (χ2n) is 7.75. The van der Waals surface area contributed by atoms with Gasteiger partial charge < -0.3 is 15.0 Å². The quantitative estimate of drug-likeness (QED) is 0.667. The molecule has 1 aromatic heterocycles. The van der Waals surface area contributed by atoms with E-state index in [-0.39, 0.29) is 36.9 Å². The van der Waals surface area contributed by atoms with Crippen LogP contribution in [-0.4, -0.2) is 71.7 Å². The van der Waals surface area contributed by atoms with E-state index in [9.17, 15) is 23.2 Å². The number of aromatic nitrogens is 3. The van der Waals surface area contributed by atoms with E-state index in [0.717, 1.165) is 0 Å². The van der Waals surface area contributed by atoms with E-state index >= 15 is 0 Å². The molecule has 170 valence electrons. The van der Waals surface area contributed by atoms with Crippen LogP contribution in [0.5, 0.6) is 0 Å². The first-order valence-corrected chi connectivity index (χ1v) is 10.1. The Morgan fingerprint density at radius 1 is 1.38 bits per heavy atom. The van der Waals surface area contributed by atoms with E-state index in [1.165, 1.54) is 34.8 Å². The van der Waals surface area contributed by atoms with Crippen molar-refractivity contribution in [2.75, 3.05) is 36.0 Å². The molecule has 0 radical (unpaired) electrons. The fraction of sp³-hybridized carbons (Fsp3) is 0.450. The van der Waals surface area contributed by atoms with Crippen LogP contribution >= 0.6 is 0 Å². The molecule has 2 amide bonds. The summed E-state index contributed by atoms with van der Waals surface area (Å²) in [5.41, 5.74) is 0.669. The van der Waals surface area contributed by atoms with E-state index in [4.69, 9.17) is 4.74 Å². The number of benzene rings is 1. The smallest absolute Gasteiger partial charge is 0.414 e. The molecule has 1 N–H and O–H groups in total. The summed E-state index contributed by atoms with van der Waals surface area (Å²) in [4.78, 5) is 36.8. The number of nitrogens with one attached hydrogen (secondary N) is 1. The summed E-state index contributed by atoms with van der Waals surface area (Å²) in [5.74, 6) is -0.826. The lowest BCUT2D eigenvalue weighted by atomic mass is 10.0. The number of carbonyl (C=O) groups is 3. The molecule has 0 bridgehead atoms. The van der Waals surface area contributed by atoms with Gasteiger partial charge in [0.1, 0.15) is 23.8 Å². The average molecular weight is 448 g/mol. The zero-order valence-electron chi connectivity index (χ0n) is 17.3. The van der Waals surface area contributed by atoms with Gasteiger partial charge in [-0.15, -0.1) is 5.10 Å². The van der Waals surface area contributed by atoms with Crippen molar-refractivity contribution >= 4 is 29.7 Å². The van der Waals surface area contributed by atoms with Crippen molar-refractivity contribution < 1.29 is 27.9 Å². The molecule has 2 aliphatic rings. The van der Waals surface area contributed by atoms with Crippen molar-refractivity contribution in [3.63, 3.8) is 0 Å². The van der Waals surface area contributed by atoms with Crippen molar-refractivity contribution in [3.05, 3.63) is 35.9 Å². The predicted molar refractivity (Wildman–Crippen MR) is 109 cm³/mol. The van der Waals surface area contributed by atoms with Crippen LogP contribution in [0.4, 0.5) is 25.0 Å². The number of nitrogens with zero attached hydrogens (tertiary/aromatic N) is 5. The normalized spacial score (nSPS) is 23.2. The summed E-state index contributed by atoms with van der Waals surface area (Å²) < 4.78 is 36.3. The minimum atomic E-state index is -1.34. The number of alkyl halides is 1. The van der Waals surface area contributed by atoms with E-state index in [0.29, 0.717) is 24.9 Å². The van der Waals surface area contributed by atoms with Gasteiger partial charge in [-0.25, -0.2) is 18.3 Å². The van der Waals surface area contributed by atoms with Gasteiger partial charge in [-0.3, -0.25) is 14.5 Å². The lowest BCUT2D eigenvalue weighted by Gasteiger charge is -2.36. The standard InChI is InChI=1S/C20H22F2N6O4/c1-12(30)23-7-15-9-27(20(31)32-15)14-2-3-18(16(21)6-14)26-5-4-19(17(22)10-26)28-8-13(11-29)24-25-28/h2-3,6,8,11,15,17,19H,4-5,7,9-10H2,1H3,(H,23,30). The number of ether oxygens (including phenoxy) is 1. The number of hydrogen-bond acceptors (Lipinski definition) is 7. The molecule has 2 aromatic rings. The van der Waals surface area contributed by atoms with E-state index in [1.807, 2.05) is 0 Å². The molecule has 0 spiro atoms. The summed E-state index contributed by atoms with van der Waals surface area (Å²) in [6.07, 6.45) is -0.207. The maximum Gasteiger partial charge on any atom is 0.414 e. The van der Waals surface area contributed by atoms with Crippen LogP contribution in [0, 0.1) is 5.82 Å². The summed E-state index contributed by atoms with van der Waals surface area (Å²) in [7, 11) is 0. The second kappa shape index (κ2) is 8.89. The summed E-state index contributed by atoms with van der Waals surface area (Å²) in [5, 5.41) is 10.0. The van der Waals surface area contributed by atoms with Gasteiger partial charge in [-0.05, 0) is 24.6 Å². The molecule has 0 aliphatic carbocycles. The number of hydrogen-bond donors (Lipinski definition) is 1. The van der Waals surface area contributed by atoms with E-state index in [2.05, 4.69) is 15.6 Å². The Morgan fingerprint density at radius 3 is 2.84 bits per heavy atom. The molecule has 2 saturated heterocycles. The fourth-order valence-electron chi connectivity index (χ4n) is 3.93. The molecule has 3 heterocycles. The highest BCUT2D eigenvalue weighted by atomic mass is 19.1. The van der Waals surface area contributed by atoms with Crippen molar-refractivity contribution in [1.82, 2.24) is 20.3 Å². The molecule has 32 heavy (non-hydrogen) atoms. The van der Waals surface area contributed by atoms with Gasteiger partial charge in [0, 0.05) is 13.5 Å². The Hall–Kier alpha value is -3.57. The van der Waals surface area contributed by atoms with E-state index in [1.54, 1.807) is 11.0 Å². The molecule has 3 unspecified atom stereocenters. The van der Waals surface area contributed by atoms with Crippen molar-refractivity contribution in [3.8, 4) is 0 Å². The van der Waals surface area contributed by atoms with Gasteiger partial charge in [0.25, 0.3) is 0 Å². The first-order chi connectivity index (χ1) is 15.4. The SMILES string of the molecule is CC(=O)NCC1CN(c2ccc(N3CCC(n4cc(C=O)nn4)C(F)C3)c(F)c2)C(=O)O1. The van der Waals surface area contributed by atoms with Crippen LogP contribution < -0.4 is 15.1 Å². The van der Waals surface area contributed by atoms with Gasteiger partial charge in [0.2, 0.25) is 5.91 Å². The minimum Gasteiger partial charge on any atom is -0.442 e. The van der Waals surface area contributed by atoms with Crippen LogP contribution in [0.1, 0.15) is 29.9 Å². The van der Waals surface area contributed by atoms with Crippen LogP contribution in [-0.2, 0) is 9.53 Å². The Labute approximate surface area is 182 Å². The zero-order valence-corrected chi connectivity index (χ0v) is 17.3. The van der Waals surface area contributed by atoms with Crippen LogP contribution in [0.2, 0.25) is 0 Å². The minimum absolute atomic E-state index is 0.0538. The third kappa shape index (κ3) is 4.39. The van der Waals surface area contributed by atoms with Crippen LogP contribution in [0.15, 0.2) is 24.4 Å². The number of halogens is 2. The number of carbonyl (C=O) groups excluding carboxylic acids is 3. The highest BCUT2D eigenvalue weighted by molar-refractivity contribution is 5.90. The monoisotopic (exact) mass is 448 g/mol. The zero-order chi connectivity index (χ0) is 22.8. The number of aldehydes is 1. The fourth-order valence-corrected chi connectivity index (χ4v) is 3.93. The Balaban J connectivity index is 1.42. The molecule has 4 rings (SSSR count). The molecule has 1 aromatic carbocycles. The molecule has 12 heteroatoms. The summed E-state index contributed by atoms with van der Waals surface area (Å²) >= 11 is 0. The Kier molecular flexibility index (Phi) is 6.01. The lowest BCUT2D eigenvalue weighted by Crippen LogP contribution is -2.43. The molecule has 2 fully saturated rings.